The summed E-state index contributed by atoms with van der Waals surface area (Å²) in [7, 11) is 0. The van der Waals surface area contributed by atoms with Crippen LogP contribution in [0.4, 0.5) is 0 Å². The zero-order valence-corrected chi connectivity index (χ0v) is 19.2. The van der Waals surface area contributed by atoms with Gasteiger partial charge in [0.15, 0.2) is 0 Å². The van der Waals surface area contributed by atoms with Crippen molar-refractivity contribution in [3.8, 4) is 0 Å². The van der Waals surface area contributed by atoms with Crippen molar-refractivity contribution in [1.82, 2.24) is 0 Å². The monoisotopic (exact) mass is 415 g/mol. The van der Waals surface area contributed by atoms with Gasteiger partial charge >= 0.3 is 174 Å². The fourth-order valence-corrected chi connectivity index (χ4v) is 12.0. The SMILES string of the molecule is Cc1ccc(C)c2c1C=C1CCCC3=Cc4c(C)ccc(C)c4[CH]3[Y][CH]12. The first kappa shape index (κ1) is 17.1. The predicted molar refractivity (Wildman–Crippen MR) is 107 cm³/mol. The maximum atomic E-state index is 2.59. The van der Waals surface area contributed by atoms with Gasteiger partial charge in [-0.2, -0.15) is 0 Å². The van der Waals surface area contributed by atoms with Crippen LogP contribution in [0.3, 0.4) is 0 Å². The van der Waals surface area contributed by atoms with Gasteiger partial charge in [0.1, 0.15) is 0 Å². The van der Waals surface area contributed by atoms with Crippen molar-refractivity contribution in [3.05, 3.63) is 79.9 Å². The van der Waals surface area contributed by atoms with Crippen LogP contribution in [0.1, 0.15) is 69.2 Å². The van der Waals surface area contributed by atoms with E-state index in [1.54, 1.807) is 33.4 Å². The van der Waals surface area contributed by atoms with E-state index in [4.69, 9.17) is 0 Å². The Morgan fingerprint density at radius 1 is 0.654 bits per heavy atom. The third kappa shape index (κ3) is 2.49. The van der Waals surface area contributed by atoms with Crippen molar-refractivity contribution in [2.45, 2.75) is 52.4 Å². The number of allylic oxidation sites excluding steroid dienone is 2. The van der Waals surface area contributed by atoms with Gasteiger partial charge in [0.25, 0.3) is 0 Å². The van der Waals surface area contributed by atoms with Crippen molar-refractivity contribution < 1.29 is 29.2 Å². The molecule has 5 rings (SSSR count). The molecule has 0 nitrogen and oxygen atoms in total. The van der Waals surface area contributed by atoms with Crippen LogP contribution in [0.25, 0.3) is 12.2 Å². The summed E-state index contributed by atoms with van der Waals surface area (Å²) in [4.78, 5) is 0. The molecule has 2 aliphatic carbocycles. The molecule has 2 aromatic rings. The molecular weight excluding hydrogens is 389 g/mol. The van der Waals surface area contributed by atoms with Gasteiger partial charge in [0, 0.05) is 0 Å². The van der Waals surface area contributed by atoms with Gasteiger partial charge in [-0.3, -0.25) is 0 Å². The van der Waals surface area contributed by atoms with Gasteiger partial charge in [0.2, 0.25) is 0 Å². The van der Waals surface area contributed by atoms with Gasteiger partial charge in [-0.05, 0) is 0 Å². The van der Waals surface area contributed by atoms with Crippen molar-refractivity contribution in [3.63, 3.8) is 0 Å². The van der Waals surface area contributed by atoms with Crippen LogP contribution in [0.15, 0.2) is 35.4 Å². The average molecular weight is 415 g/mol. The molecule has 2 aromatic carbocycles. The third-order valence-corrected chi connectivity index (χ3v) is 12.5. The predicted octanol–water partition coefficient (Wildman–Crippen LogP) is 6.76. The molecule has 0 amide bonds. The average Bonchev–Trinajstić information content (AvgIpc) is 3.14. The maximum absolute atomic E-state index is 2.59. The molecule has 1 saturated heterocycles. The minimum absolute atomic E-state index is 0.805. The Balaban J connectivity index is 1.65. The summed E-state index contributed by atoms with van der Waals surface area (Å²) in [5.74, 6) is 0. The van der Waals surface area contributed by atoms with E-state index in [1.165, 1.54) is 41.5 Å². The first-order chi connectivity index (χ1) is 12.5. The molecular formula is C25H26Y. The minimum atomic E-state index is -0.899. The van der Waals surface area contributed by atoms with E-state index in [0.29, 0.717) is 0 Å². The van der Waals surface area contributed by atoms with Crippen molar-refractivity contribution in [1.29, 1.82) is 0 Å². The Labute approximate surface area is 172 Å². The van der Waals surface area contributed by atoms with Crippen LogP contribution >= 0.6 is 0 Å². The van der Waals surface area contributed by atoms with Crippen LogP contribution < -0.4 is 0 Å². The summed E-state index contributed by atoms with van der Waals surface area (Å²) in [6.45, 7) is 9.27. The Bertz CT molecular complexity index is 910. The summed E-state index contributed by atoms with van der Waals surface area (Å²) in [5.41, 5.74) is 16.1. The standard InChI is InChI=1S/C25H26.Y/c1-16-8-9-17(2)23-13-20(12-22(16)23)6-5-7-21-14-24-18(3)10-11-19(4)25(24)15-21;/h8-15H,5-7H2,1-4H3;. The van der Waals surface area contributed by atoms with E-state index in [0.717, 1.165) is 5.46 Å². The Hall–Kier alpha value is -0.976. The second-order valence-corrected chi connectivity index (χ2v) is 12.7. The number of rotatable bonds is 0. The van der Waals surface area contributed by atoms with E-state index in [1.807, 2.05) is 0 Å². The van der Waals surface area contributed by atoms with Crippen LogP contribution in [-0.2, 0) is 29.2 Å². The molecule has 0 saturated carbocycles. The Kier molecular flexibility index (Phi) is 4.14. The summed E-state index contributed by atoms with van der Waals surface area (Å²) in [5, 5.41) is 0. The molecule has 26 heavy (non-hydrogen) atoms. The van der Waals surface area contributed by atoms with Gasteiger partial charge < -0.3 is 0 Å². The first-order valence-corrected chi connectivity index (χ1v) is 13.3. The second kappa shape index (κ2) is 6.28. The number of benzene rings is 2. The molecule has 2 atom stereocenters. The molecule has 0 N–H and O–H groups in total. The molecule has 1 heteroatoms. The molecule has 0 spiro atoms. The fourth-order valence-electron chi connectivity index (χ4n) is 5.42. The van der Waals surface area contributed by atoms with Crippen molar-refractivity contribution in [2.75, 3.05) is 0 Å². The van der Waals surface area contributed by atoms with E-state index in [2.05, 4.69) is 64.1 Å². The topological polar surface area (TPSA) is 0 Å². The molecule has 3 aliphatic rings. The van der Waals surface area contributed by atoms with E-state index < -0.39 is 29.2 Å². The molecule has 129 valence electrons. The molecule has 1 aliphatic heterocycles. The van der Waals surface area contributed by atoms with Gasteiger partial charge in [-0.15, -0.1) is 0 Å². The van der Waals surface area contributed by atoms with Crippen LogP contribution in [0.2, 0.25) is 0 Å². The van der Waals surface area contributed by atoms with Crippen molar-refractivity contribution in [2.24, 2.45) is 0 Å². The zero-order chi connectivity index (χ0) is 18.0. The quantitative estimate of drug-likeness (QED) is 0.446. The fraction of sp³-hybridized carbons (Fsp3) is 0.360. The van der Waals surface area contributed by atoms with E-state index in [-0.39, 0.29) is 0 Å². The van der Waals surface area contributed by atoms with Gasteiger partial charge in [-0.25, -0.2) is 0 Å². The summed E-state index contributed by atoms with van der Waals surface area (Å²) >= 11 is -0.899. The van der Waals surface area contributed by atoms with Crippen LogP contribution in [-0.4, -0.2) is 0 Å². The summed E-state index contributed by atoms with van der Waals surface area (Å²) in [6.07, 6.45) is 9.11. The molecule has 2 unspecified atom stereocenters. The van der Waals surface area contributed by atoms with Gasteiger partial charge in [-0.1, -0.05) is 0 Å². The Morgan fingerprint density at radius 3 is 1.54 bits per heavy atom. The number of hydrogen-bond donors (Lipinski definition) is 0. The molecule has 0 aromatic heterocycles. The Morgan fingerprint density at radius 2 is 1.08 bits per heavy atom. The number of hydrogen-bond acceptors (Lipinski definition) is 0. The molecule has 1 heterocycles. The van der Waals surface area contributed by atoms with E-state index >= 15 is 0 Å². The van der Waals surface area contributed by atoms with Crippen LogP contribution in [0.5, 0.6) is 0 Å². The molecule has 0 bridgehead atoms. The zero-order valence-electron chi connectivity index (χ0n) is 16.3. The first-order valence-electron chi connectivity index (χ1n) is 10.0. The number of aryl methyl sites for hydroxylation is 4. The molecule has 0 radical (unpaired) electrons. The van der Waals surface area contributed by atoms with Crippen LogP contribution in [0, 0.1) is 27.7 Å². The third-order valence-electron chi connectivity index (χ3n) is 6.84. The number of fused-ring (bicyclic) bond motifs is 6. The van der Waals surface area contributed by atoms with Crippen molar-refractivity contribution >= 4 is 12.2 Å². The van der Waals surface area contributed by atoms with E-state index in [9.17, 15) is 0 Å². The van der Waals surface area contributed by atoms with Gasteiger partial charge in [0.05, 0.1) is 0 Å². The second-order valence-electron chi connectivity index (χ2n) is 8.49. The normalized spacial score (nSPS) is 22.6. The summed E-state index contributed by atoms with van der Waals surface area (Å²) < 4.78 is 1.61. The summed E-state index contributed by atoms with van der Waals surface area (Å²) in [6, 6.07) is 9.37. The molecule has 1 fully saturated rings.